The fourth-order valence-corrected chi connectivity index (χ4v) is 3.30. The Morgan fingerprint density at radius 1 is 1.42 bits per heavy atom. The average molecular weight is 306 g/mol. The van der Waals surface area contributed by atoms with Crippen LogP contribution >= 0.6 is 11.6 Å². The molecule has 7 heteroatoms. The SMILES string of the molecule is CCCC[C@H](NS(=O)(=O)c1ccccc1Cl)C(=O)O. The number of nitrogens with one attached hydrogen (secondary N) is 1. The Labute approximate surface area is 117 Å². The first kappa shape index (κ1) is 15.9. The first-order chi connectivity index (χ1) is 8.88. The van der Waals surface area contributed by atoms with Gasteiger partial charge in [-0.05, 0) is 18.6 Å². The van der Waals surface area contributed by atoms with E-state index in [0.29, 0.717) is 6.42 Å². The number of unbranched alkanes of at least 4 members (excludes halogenated alkanes) is 1. The van der Waals surface area contributed by atoms with Crippen molar-refractivity contribution in [3.8, 4) is 0 Å². The second kappa shape index (κ2) is 6.88. The highest BCUT2D eigenvalue weighted by molar-refractivity contribution is 7.89. The number of carbonyl (C=O) groups is 1. The van der Waals surface area contributed by atoms with E-state index >= 15 is 0 Å². The minimum Gasteiger partial charge on any atom is -0.480 e. The van der Waals surface area contributed by atoms with E-state index in [1.54, 1.807) is 6.07 Å². The van der Waals surface area contributed by atoms with E-state index in [1.807, 2.05) is 6.92 Å². The Balaban J connectivity index is 2.95. The van der Waals surface area contributed by atoms with Crippen LogP contribution in [0.5, 0.6) is 0 Å². The maximum atomic E-state index is 12.1. The molecule has 106 valence electrons. The van der Waals surface area contributed by atoms with Gasteiger partial charge < -0.3 is 5.11 Å². The molecule has 1 atom stereocenters. The first-order valence-electron chi connectivity index (χ1n) is 5.88. The number of carboxylic acids is 1. The summed E-state index contributed by atoms with van der Waals surface area (Å²) in [5.74, 6) is -1.19. The van der Waals surface area contributed by atoms with Crippen molar-refractivity contribution in [2.45, 2.75) is 37.1 Å². The number of carboxylic acid groups (broad SMARTS) is 1. The Morgan fingerprint density at radius 3 is 2.58 bits per heavy atom. The van der Waals surface area contributed by atoms with Crippen LogP contribution in [-0.2, 0) is 14.8 Å². The van der Waals surface area contributed by atoms with Gasteiger partial charge in [-0.15, -0.1) is 0 Å². The first-order valence-corrected chi connectivity index (χ1v) is 7.74. The van der Waals surface area contributed by atoms with Gasteiger partial charge in [0.05, 0.1) is 5.02 Å². The number of aliphatic carboxylic acids is 1. The quantitative estimate of drug-likeness (QED) is 0.809. The van der Waals surface area contributed by atoms with E-state index in [4.69, 9.17) is 16.7 Å². The summed E-state index contributed by atoms with van der Waals surface area (Å²) in [7, 11) is -3.93. The monoisotopic (exact) mass is 305 g/mol. The highest BCUT2D eigenvalue weighted by Crippen LogP contribution is 2.20. The molecular weight excluding hydrogens is 290 g/mol. The molecule has 1 rings (SSSR count). The second-order valence-electron chi connectivity index (χ2n) is 4.08. The van der Waals surface area contributed by atoms with Crippen LogP contribution in [0.2, 0.25) is 5.02 Å². The van der Waals surface area contributed by atoms with Crippen molar-refractivity contribution in [3.05, 3.63) is 29.3 Å². The summed E-state index contributed by atoms with van der Waals surface area (Å²) >= 11 is 5.81. The zero-order valence-corrected chi connectivity index (χ0v) is 12.0. The van der Waals surface area contributed by atoms with E-state index < -0.39 is 22.0 Å². The van der Waals surface area contributed by atoms with Crippen LogP contribution in [0.15, 0.2) is 29.2 Å². The summed E-state index contributed by atoms with van der Waals surface area (Å²) in [5.41, 5.74) is 0. The van der Waals surface area contributed by atoms with Crippen LogP contribution in [-0.4, -0.2) is 25.5 Å². The molecular formula is C12H16ClNO4S. The zero-order valence-electron chi connectivity index (χ0n) is 10.5. The van der Waals surface area contributed by atoms with Gasteiger partial charge in [0, 0.05) is 0 Å². The topological polar surface area (TPSA) is 83.5 Å². The summed E-state index contributed by atoms with van der Waals surface area (Å²) < 4.78 is 26.3. The van der Waals surface area contributed by atoms with Gasteiger partial charge in [0.15, 0.2) is 0 Å². The van der Waals surface area contributed by atoms with Gasteiger partial charge in [-0.25, -0.2) is 8.42 Å². The highest BCUT2D eigenvalue weighted by atomic mass is 35.5. The number of benzene rings is 1. The Hall–Kier alpha value is -1.11. The van der Waals surface area contributed by atoms with E-state index in [2.05, 4.69) is 4.72 Å². The number of sulfonamides is 1. The van der Waals surface area contributed by atoms with Gasteiger partial charge >= 0.3 is 5.97 Å². The predicted octanol–water partition coefficient (Wildman–Crippen LogP) is 2.26. The lowest BCUT2D eigenvalue weighted by molar-refractivity contribution is -0.139. The van der Waals surface area contributed by atoms with Crippen LogP contribution in [0, 0.1) is 0 Å². The molecule has 5 nitrogen and oxygen atoms in total. The second-order valence-corrected chi connectivity index (χ2v) is 6.17. The van der Waals surface area contributed by atoms with E-state index in [1.165, 1.54) is 18.2 Å². The molecule has 0 spiro atoms. The summed E-state index contributed by atoms with van der Waals surface area (Å²) in [5, 5.41) is 9.08. The summed E-state index contributed by atoms with van der Waals surface area (Å²) in [6.45, 7) is 1.90. The van der Waals surface area contributed by atoms with E-state index in [9.17, 15) is 13.2 Å². The van der Waals surface area contributed by atoms with Crippen LogP contribution < -0.4 is 4.72 Å². The van der Waals surface area contributed by atoms with Gasteiger partial charge in [0.1, 0.15) is 10.9 Å². The molecule has 0 amide bonds. The minimum atomic E-state index is -3.93. The Kier molecular flexibility index (Phi) is 5.78. The van der Waals surface area contributed by atoms with Gasteiger partial charge in [0.25, 0.3) is 0 Å². The highest BCUT2D eigenvalue weighted by Gasteiger charge is 2.26. The summed E-state index contributed by atoms with van der Waals surface area (Å²) in [6.07, 6.45) is 1.66. The maximum Gasteiger partial charge on any atom is 0.321 e. The maximum absolute atomic E-state index is 12.1. The van der Waals surface area contributed by atoms with Crippen LogP contribution in [0.3, 0.4) is 0 Å². The number of halogens is 1. The minimum absolute atomic E-state index is 0.0645. The summed E-state index contributed by atoms with van der Waals surface area (Å²) in [4.78, 5) is 10.9. The molecule has 0 heterocycles. The molecule has 0 saturated carbocycles. The van der Waals surface area contributed by atoms with Crippen molar-refractivity contribution in [2.75, 3.05) is 0 Å². The Bertz CT molecular complexity index is 544. The molecule has 0 fully saturated rings. The molecule has 0 aliphatic rings. The van der Waals surface area contributed by atoms with E-state index in [0.717, 1.165) is 6.42 Å². The van der Waals surface area contributed by atoms with Gasteiger partial charge in [-0.2, -0.15) is 4.72 Å². The predicted molar refractivity (Wildman–Crippen MR) is 72.7 cm³/mol. The van der Waals surface area contributed by atoms with Gasteiger partial charge in [-0.3, -0.25) is 4.79 Å². The molecule has 0 aliphatic carbocycles. The summed E-state index contributed by atoms with van der Waals surface area (Å²) in [6, 6.07) is 4.78. The lowest BCUT2D eigenvalue weighted by Crippen LogP contribution is -2.40. The lowest BCUT2D eigenvalue weighted by Gasteiger charge is -2.15. The molecule has 0 aromatic heterocycles. The number of rotatable bonds is 7. The van der Waals surface area contributed by atoms with Crippen LogP contribution in [0.4, 0.5) is 0 Å². The molecule has 1 aromatic carbocycles. The molecule has 2 N–H and O–H groups in total. The number of hydrogen-bond donors (Lipinski definition) is 2. The van der Waals surface area contributed by atoms with Crippen molar-refractivity contribution < 1.29 is 18.3 Å². The smallest absolute Gasteiger partial charge is 0.321 e. The molecule has 19 heavy (non-hydrogen) atoms. The van der Waals surface area contributed by atoms with Crippen molar-refractivity contribution in [1.29, 1.82) is 0 Å². The Morgan fingerprint density at radius 2 is 2.05 bits per heavy atom. The largest absolute Gasteiger partial charge is 0.480 e. The molecule has 0 unspecified atom stereocenters. The van der Waals surface area contributed by atoms with Crippen molar-refractivity contribution in [1.82, 2.24) is 4.72 Å². The zero-order chi connectivity index (χ0) is 14.5. The van der Waals surface area contributed by atoms with Gasteiger partial charge in [0.2, 0.25) is 10.0 Å². The van der Waals surface area contributed by atoms with Crippen molar-refractivity contribution in [3.63, 3.8) is 0 Å². The van der Waals surface area contributed by atoms with Gasteiger partial charge in [-0.1, -0.05) is 43.5 Å². The molecule has 0 aliphatic heterocycles. The third-order valence-electron chi connectivity index (χ3n) is 2.57. The van der Waals surface area contributed by atoms with E-state index in [-0.39, 0.29) is 16.3 Å². The fourth-order valence-electron chi connectivity index (χ4n) is 1.55. The third kappa shape index (κ3) is 4.49. The lowest BCUT2D eigenvalue weighted by atomic mass is 10.1. The number of hydrogen-bond acceptors (Lipinski definition) is 3. The van der Waals surface area contributed by atoms with Crippen LogP contribution in [0.1, 0.15) is 26.2 Å². The molecule has 0 radical (unpaired) electrons. The van der Waals surface area contributed by atoms with Crippen LogP contribution in [0.25, 0.3) is 0 Å². The van der Waals surface area contributed by atoms with Crippen molar-refractivity contribution >= 4 is 27.6 Å². The third-order valence-corrected chi connectivity index (χ3v) is 4.54. The fraction of sp³-hybridized carbons (Fsp3) is 0.417. The molecule has 0 saturated heterocycles. The normalized spacial score (nSPS) is 13.2. The molecule has 1 aromatic rings. The molecule has 0 bridgehead atoms. The standard InChI is InChI=1S/C12H16ClNO4S/c1-2-3-7-10(12(15)16)14-19(17,18)11-8-5-4-6-9(11)13/h4-6,8,10,14H,2-3,7H2,1H3,(H,15,16)/t10-/m0/s1. The average Bonchev–Trinajstić information content (AvgIpc) is 2.34. The van der Waals surface area contributed by atoms with Crippen molar-refractivity contribution in [2.24, 2.45) is 0 Å².